The Balaban J connectivity index is 0.00000171. The molecule has 0 bridgehead atoms. The Morgan fingerprint density at radius 2 is 1.84 bits per heavy atom. The van der Waals surface area contributed by atoms with Crippen LogP contribution in [0.5, 0.6) is 0 Å². The van der Waals surface area contributed by atoms with Gasteiger partial charge in [0.2, 0.25) is 0 Å². The Morgan fingerprint density at radius 3 is 2.48 bits per heavy atom. The third kappa shape index (κ3) is 5.85. The van der Waals surface area contributed by atoms with Crippen LogP contribution in [0.1, 0.15) is 30.1 Å². The van der Waals surface area contributed by atoms with Gasteiger partial charge in [0.25, 0.3) is 5.91 Å². The van der Waals surface area contributed by atoms with Crippen molar-refractivity contribution in [1.82, 2.24) is 25.0 Å². The molecule has 0 unspecified atom stereocenters. The summed E-state index contributed by atoms with van der Waals surface area (Å²) in [4.78, 5) is 19.6. The summed E-state index contributed by atoms with van der Waals surface area (Å²) in [7, 11) is 0. The largest absolute Gasteiger partial charge is 0.339 e. The maximum Gasteiger partial charge on any atom is 0.257 e. The SMILES string of the molecule is CCNCC1CCN(C(=O)c2cn(-c3ccccc3)nc2-c2cccnc2)CC1.Cl.Cl. The number of hydrogen-bond donors (Lipinski definition) is 1. The van der Waals surface area contributed by atoms with Crippen LogP contribution >= 0.6 is 24.8 Å². The number of benzene rings is 1. The van der Waals surface area contributed by atoms with E-state index >= 15 is 0 Å². The predicted octanol–water partition coefficient (Wildman–Crippen LogP) is 4.24. The second-order valence-corrected chi connectivity index (χ2v) is 7.46. The summed E-state index contributed by atoms with van der Waals surface area (Å²) in [5.74, 6) is 0.691. The van der Waals surface area contributed by atoms with Gasteiger partial charge < -0.3 is 10.2 Å². The molecule has 31 heavy (non-hydrogen) atoms. The van der Waals surface area contributed by atoms with Crippen molar-refractivity contribution in [2.75, 3.05) is 26.2 Å². The van der Waals surface area contributed by atoms with Gasteiger partial charge >= 0.3 is 0 Å². The Kier molecular flexibility index (Phi) is 9.49. The average molecular weight is 462 g/mol. The Labute approximate surface area is 195 Å². The highest BCUT2D eigenvalue weighted by molar-refractivity contribution is 6.00. The van der Waals surface area contributed by atoms with Gasteiger partial charge in [-0.2, -0.15) is 5.10 Å². The van der Waals surface area contributed by atoms with E-state index in [2.05, 4.69) is 17.2 Å². The van der Waals surface area contributed by atoms with E-state index in [1.165, 1.54) is 0 Å². The summed E-state index contributed by atoms with van der Waals surface area (Å²) in [5, 5.41) is 8.16. The standard InChI is InChI=1S/C23H27N5O.2ClH/c1-2-24-15-18-10-13-27(14-11-18)23(29)21-17-28(20-8-4-3-5-9-20)26-22(21)19-7-6-12-25-16-19;;/h3-9,12,16-18,24H,2,10-11,13-15H2,1H3;2*1H. The number of likely N-dealkylation sites (tertiary alicyclic amines) is 1. The van der Waals surface area contributed by atoms with Crippen molar-refractivity contribution < 1.29 is 4.79 Å². The van der Waals surface area contributed by atoms with Crippen LogP contribution in [-0.4, -0.2) is 51.8 Å². The monoisotopic (exact) mass is 461 g/mol. The molecule has 1 fully saturated rings. The van der Waals surface area contributed by atoms with Crippen LogP contribution < -0.4 is 5.32 Å². The Bertz CT molecular complexity index is 941. The molecule has 1 aliphatic heterocycles. The molecular formula is C23H29Cl2N5O. The minimum Gasteiger partial charge on any atom is -0.339 e. The van der Waals surface area contributed by atoms with Crippen molar-refractivity contribution >= 4 is 30.7 Å². The normalized spacial score (nSPS) is 13.9. The van der Waals surface area contributed by atoms with Crippen molar-refractivity contribution in [2.24, 2.45) is 5.92 Å². The summed E-state index contributed by atoms with van der Waals surface area (Å²) in [6.45, 7) is 5.73. The van der Waals surface area contributed by atoms with Crippen LogP contribution in [0.15, 0.2) is 61.1 Å². The van der Waals surface area contributed by atoms with E-state index in [0.29, 0.717) is 17.2 Å². The summed E-state index contributed by atoms with van der Waals surface area (Å²) >= 11 is 0. The van der Waals surface area contributed by atoms with Gasteiger partial charge in [0, 0.05) is 37.2 Å². The molecule has 2 aromatic heterocycles. The summed E-state index contributed by atoms with van der Waals surface area (Å²) in [6, 6.07) is 13.7. The molecule has 0 radical (unpaired) electrons. The van der Waals surface area contributed by atoms with Crippen LogP contribution in [0.4, 0.5) is 0 Å². The predicted molar refractivity (Wildman–Crippen MR) is 128 cm³/mol. The zero-order chi connectivity index (χ0) is 20.1. The molecule has 166 valence electrons. The van der Waals surface area contributed by atoms with Crippen LogP contribution in [0.3, 0.4) is 0 Å². The van der Waals surface area contributed by atoms with Crippen LogP contribution in [0, 0.1) is 5.92 Å². The number of rotatable bonds is 6. The first kappa shape index (κ1) is 24.9. The minimum absolute atomic E-state index is 0. The van der Waals surface area contributed by atoms with Crippen molar-refractivity contribution in [3.63, 3.8) is 0 Å². The lowest BCUT2D eigenvalue weighted by molar-refractivity contribution is 0.0691. The van der Waals surface area contributed by atoms with Crippen molar-refractivity contribution in [2.45, 2.75) is 19.8 Å². The molecule has 0 saturated carbocycles. The highest BCUT2D eigenvalue weighted by atomic mass is 35.5. The fourth-order valence-electron chi connectivity index (χ4n) is 3.82. The van der Waals surface area contributed by atoms with Crippen molar-refractivity contribution in [3.8, 4) is 16.9 Å². The van der Waals surface area contributed by atoms with Gasteiger partial charge in [-0.25, -0.2) is 4.68 Å². The molecule has 1 aromatic carbocycles. The lowest BCUT2D eigenvalue weighted by atomic mass is 9.96. The van der Waals surface area contributed by atoms with E-state index in [-0.39, 0.29) is 30.7 Å². The zero-order valence-corrected chi connectivity index (χ0v) is 19.2. The van der Waals surface area contributed by atoms with Crippen LogP contribution in [0.25, 0.3) is 16.9 Å². The number of carbonyl (C=O) groups excluding carboxylic acids is 1. The van der Waals surface area contributed by atoms with E-state index in [1.54, 1.807) is 17.1 Å². The third-order valence-electron chi connectivity index (χ3n) is 5.49. The number of carbonyl (C=O) groups is 1. The van der Waals surface area contributed by atoms with Crippen LogP contribution in [0.2, 0.25) is 0 Å². The molecule has 0 spiro atoms. The van der Waals surface area contributed by atoms with E-state index in [1.807, 2.05) is 53.6 Å². The summed E-state index contributed by atoms with van der Waals surface area (Å²) in [6.07, 6.45) is 7.41. The highest BCUT2D eigenvalue weighted by Crippen LogP contribution is 2.26. The molecule has 0 atom stereocenters. The molecule has 0 aliphatic carbocycles. The number of nitrogens with zero attached hydrogens (tertiary/aromatic N) is 4. The first-order valence-corrected chi connectivity index (χ1v) is 10.3. The number of piperidine rings is 1. The van der Waals surface area contributed by atoms with Gasteiger partial charge in [-0.1, -0.05) is 25.1 Å². The Hall–Kier alpha value is -2.41. The van der Waals surface area contributed by atoms with Gasteiger partial charge in [0.05, 0.1) is 11.3 Å². The molecule has 1 saturated heterocycles. The molecule has 4 rings (SSSR count). The lowest BCUT2D eigenvalue weighted by Gasteiger charge is -2.32. The molecule has 6 nitrogen and oxygen atoms in total. The maximum absolute atomic E-state index is 13.4. The zero-order valence-electron chi connectivity index (χ0n) is 17.6. The second kappa shape index (κ2) is 11.8. The smallest absolute Gasteiger partial charge is 0.257 e. The number of amides is 1. The fraction of sp³-hybridized carbons (Fsp3) is 0.348. The molecule has 8 heteroatoms. The fourth-order valence-corrected chi connectivity index (χ4v) is 3.82. The quantitative estimate of drug-likeness (QED) is 0.595. The molecule has 1 aliphatic rings. The van der Waals surface area contributed by atoms with Gasteiger partial charge in [0.1, 0.15) is 5.69 Å². The number of para-hydroxylation sites is 1. The lowest BCUT2D eigenvalue weighted by Crippen LogP contribution is -2.40. The van der Waals surface area contributed by atoms with Gasteiger partial charge in [-0.05, 0) is 56.1 Å². The van der Waals surface area contributed by atoms with E-state index in [0.717, 1.165) is 50.3 Å². The number of pyridine rings is 1. The third-order valence-corrected chi connectivity index (χ3v) is 5.49. The van der Waals surface area contributed by atoms with Gasteiger partial charge in [-0.3, -0.25) is 9.78 Å². The Morgan fingerprint density at radius 1 is 1.10 bits per heavy atom. The first-order valence-electron chi connectivity index (χ1n) is 10.3. The first-order chi connectivity index (χ1) is 14.3. The summed E-state index contributed by atoms with van der Waals surface area (Å²) < 4.78 is 1.79. The number of halogens is 2. The molecular weight excluding hydrogens is 433 g/mol. The average Bonchev–Trinajstić information content (AvgIpc) is 3.24. The number of aromatic nitrogens is 3. The maximum atomic E-state index is 13.4. The van der Waals surface area contributed by atoms with E-state index < -0.39 is 0 Å². The van der Waals surface area contributed by atoms with Gasteiger partial charge in [-0.15, -0.1) is 24.8 Å². The summed E-state index contributed by atoms with van der Waals surface area (Å²) in [5.41, 5.74) is 3.10. The van der Waals surface area contributed by atoms with Crippen molar-refractivity contribution in [1.29, 1.82) is 0 Å². The number of nitrogens with one attached hydrogen (secondary N) is 1. The second-order valence-electron chi connectivity index (χ2n) is 7.46. The van der Waals surface area contributed by atoms with E-state index in [4.69, 9.17) is 5.10 Å². The molecule has 1 N–H and O–H groups in total. The highest BCUT2D eigenvalue weighted by Gasteiger charge is 2.27. The molecule has 3 aromatic rings. The van der Waals surface area contributed by atoms with Gasteiger partial charge in [0.15, 0.2) is 0 Å². The van der Waals surface area contributed by atoms with E-state index in [9.17, 15) is 4.79 Å². The van der Waals surface area contributed by atoms with Crippen molar-refractivity contribution in [3.05, 3.63) is 66.6 Å². The molecule has 3 heterocycles. The van der Waals surface area contributed by atoms with Crippen LogP contribution in [-0.2, 0) is 0 Å². The number of hydrogen-bond acceptors (Lipinski definition) is 4. The molecule has 1 amide bonds. The minimum atomic E-state index is 0. The topological polar surface area (TPSA) is 63.1 Å².